The molecule has 0 spiro atoms. The Balaban J connectivity index is 0.838. The number of hydrogen-bond donors (Lipinski definition) is 2. The van der Waals surface area contributed by atoms with Crippen molar-refractivity contribution in [1.82, 2.24) is 30.0 Å². The number of carbonyl (C=O) groups is 2. The van der Waals surface area contributed by atoms with Crippen LogP contribution in [0, 0.1) is 0 Å². The average molecular weight is 1650 g/mol. The van der Waals surface area contributed by atoms with E-state index in [1.807, 2.05) is 70.3 Å². The fraction of sp³-hybridized carbons (Fsp3) is 0.714. The number of allylic oxidation sites excluding steroid dienone is 2. The average Bonchev–Trinajstić information content (AvgIpc) is 0.841. The number of ether oxygens (including phenoxy) is 10. The lowest BCUT2D eigenvalue weighted by Crippen LogP contribution is -2.14. The first-order chi connectivity index (χ1) is 58.2. The Morgan fingerprint density at radius 3 is 0.856 bits per heavy atom. The van der Waals surface area contributed by atoms with Gasteiger partial charge in [-0.25, -0.2) is 9.59 Å². The highest BCUT2D eigenvalue weighted by atomic mass is 16.5. The van der Waals surface area contributed by atoms with Gasteiger partial charge in [-0.1, -0.05) is 228 Å². The van der Waals surface area contributed by atoms with E-state index in [0.29, 0.717) is 65.6 Å². The molecule has 0 aliphatic carbocycles. The maximum atomic E-state index is 13.3. The van der Waals surface area contributed by atoms with Crippen molar-refractivity contribution in [2.75, 3.05) is 79.3 Å². The zero-order valence-electron chi connectivity index (χ0n) is 73.9. The molecule has 0 fully saturated rings. The van der Waals surface area contributed by atoms with Gasteiger partial charge >= 0.3 is 11.9 Å². The number of aliphatic hydroxyl groups is 2. The Bertz CT molecular complexity index is 3060. The number of aromatic nitrogens is 6. The predicted octanol–water partition coefficient (Wildman–Crippen LogP) is 24.3. The summed E-state index contributed by atoms with van der Waals surface area (Å²) in [6.45, 7) is 19.6. The summed E-state index contributed by atoms with van der Waals surface area (Å²) in [5.41, 5.74) is 3.95. The quantitative estimate of drug-likeness (QED) is 0.0209. The maximum absolute atomic E-state index is 13.3. The van der Waals surface area contributed by atoms with Gasteiger partial charge in [0.1, 0.15) is 45.6 Å². The number of unbranched alkanes of at least 4 members (excludes halogenated alkanes) is 42. The SMILES string of the molecule is C=CCCCCCCCCCOCCCCCCCCCCOc1cc(CO)cc(OCCCCCCCCCc2cn(CCCCOc3cc(C(=O)OCC)c(OCCCCn4cc(CCCCCCCCCOc5cc(CO)cc(OCCCCCCCCCCOCCCCCCCCCC=C)c5)nn4)cc3C(=O)OCC)nn2)c1. The molecule has 0 radical (unpaired) electrons. The summed E-state index contributed by atoms with van der Waals surface area (Å²) in [7, 11) is 0. The lowest BCUT2D eigenvalue weighted by Gasteiger charge is -2.16. The second-order valence-electron chi connectivity index (χ2n) is 32.1. The summed E-state index contributed by atoms with van der Waals surface area (Å²) in [5, 5.41) is 37.5. The molecule has 0 atom stereocenters. The highest BCUT2D eigenvalue weighted by Gasteiger charge is 2.24. The van der Waals surface area contributed by atoms with E-state index < -0.39 is 11.9 Å². The minimum Gasteiger partial charge on any atom is -0.493 e. The van der Waals surface area contributed by atoms with Crippen LogP contribution in [-0.4, -0.2) is 131 Å². The number of esters is 2. The standard InChI is InChI=1S/C98H160N6O14/c1-5-9-11-13-15-17-27-37-49-63-109-65-51-39-29-19-21-31-41-53-67-113-89-73-85(83-105)75-91(77-89)115-69-55-43-33-23-25-35-45-59-87-81-103(101-99-87)61-47-57-71-117-95-79-94(98(108)112-8-4)96(80-93(95)97(107)111-7-3)118-72-58-48-62-104-82-88(100-102-104)60-46-36-26-24-34-44-56-70-116-92-76-86(84-106)74-90(78-92)114-68-54-42-32-22-20-30-40-52-66-110-64-50-38-28-18-16-14-12-10-6-2/h5-6,73-82,105-106H,1-2,7-72,83-84H2,3-4H3. The van der Waals surface area contributed by atoms with Gasteiger partial charge in [-0.3, -0.25) is 9.36 Å². The zero-order valence-corrected chi connectivity index (χ0v) is 73.9. The van der Waals surface area contributed by atoms with Crippen LogP contribution in [0.3, 0.4) is 0 Å². The fourth-order valence-electron chi connectivity index (χ4n) is 14.6. The molecule has 0 saturated carbocycles. The van der Waals surface area contributed by atoms with Crippen LogP contribution in [0.5, 0.6) is 34.5 Å². The third-order valence-corrected chi connectivity index (χ3v) is 21.6. The van der Waals surface area contributed by atoms with Crippen LogP contribution >= 0.6 is 0 Å². The van der Waals surface area contributed by atoms with Crippen LogP contribution in [0.4, 0.5) is 0 Å². The van der Waals surface area contributed by atoms with Crippen molar-refractivity contribution in [3.63, 3.8) is 0 Å². The van der Waals surface area contributed by atoms with Crippen molar-refractivity contribution in [3.05, 3.63) is 120 Å². The van der Waals surface area contributed by atoms with Crippen molar-refractivity contribution in [2.24, 2.45) is 0 Å². The third kappa shape index (κ3) is 51.6. The van der Waals surface area contributed by atoms with Crippen molar-refractivity contribution in [2.45, 2.75) is 374 Å². The monoisotopic (exact) mass is 1650 g/mol. The molecule has 20 heteroatoms. The Hall–Kier alpha value is -7.00. The van der Waals surface area contributed by atoms with Crippen LogP contribution < -0.4 is 28.4 Å². The molecule has 2 heterocycles. The molecule has 0 aliphatic rings. The molecule has 118 heavy (non-hydrogen) atoms. The van der Waals surface area contributed by atoms with E-state index >= 15 is 0 Å². The van der Waals surface area contributed by atoms with Gasteiger partial charge in [-0.15, -0.1) is 23.4 Å². The first kappa shape index (κ1) is 102. The maximum Gasteiger partial charge on any atom is 0.342 e. The van der Waals surface area contributed by atoms with Crippen molar-refractivity contribution >= 4 is 11.9 Å². The van der Waals surface area contributed by atoms with Crippen LogP contribution in [0.2, 0.25) is 0 Å². The van der Waals surface area contributed by atoms with Gasteiger partial charge in [0.05, 0.1) is 77.5 Å². The van der Waals surface area contributed by atoms with Crippen LogP contribution in [0.15, 0.2) is 86.2 Å². The normalized spacial score (nSPS) is 11.4. The summed E-state index contributed by atoms with van der Waals surface area (Å²) in [6.07, 6.45) is 68.4. The van der Waals surface area contributed by atoms with Crippen LogP contribution in [0.25, 0.3) is 0 Å². The van der Waals surface area contributed by atoms with E-state index in [0.717, 1.165) is 200 Å². The zero-order chi connectivity index (χ0) is 83.7. The van der Waals surface area contributed by atoms with Gasteiger partial charge in [0.2, 0.25) is 0 Å². The lowest BCUT2D eigenvalue weighted by atomic mass is 10.1. The molecule has 2 aromatic heterocycles. The van der Waals surface area contributed by atoms with E-state index in [-0.39, 0.29) is 49.1 Å². The third-order valence-electron chi connectivity index (χ3n) is 21.6. The number of rotatable bonds is 84. The summed E-state index contributed by atoms with van der Waals surface area (Å²) >= 11 is 0. The first-order valence-corrected chi connectivity index (χ1v) is 47.2. The molecular formula is C98H160N6O14. The fourth-order valence-corrected chi connectivity index (χ4v) is 14.6. The molecule has 0 unspecified atom stereocenters. The van der Waals surface area contributed by atoms with E-state index in [1.165, 1.54) is 205 Å². The van der Waals surface area contributed by atoms with Crippen molar-refractivity contribution < 1.29 is 67.2 Å². The minimum atomic E-state index is -0.565. The number of benzene rings is 3. The first-order valence-electron chi connectivity index (χ1n) is 47.2. The molecule has 3 aromatic carbocycles. The Kier molecular flexibility index (Phi) is 61.7. The minimum absolute atomic E-state index is 0.0469. The number of carbonyl (C=O) groups excluding carboxylic acids is 2. The lowest BCUT2D eigenvalue weighted by molar-refractivity contribution is 0.0503. The highest BCUT2D eigenvalue weighted by molar-refractivity contribution is 5.98. The summed E-state index contributed by atoms with van der Waals surface area (Å²) in [5.74, 6) is 2.38. The molecule has 0 amide bonds. The van der Waals surface area contributed by atoms with Gasteiger partial charge in [0.15, 0.2) is 0 Å². The molecule has 0 saturated heterocycles. The molecular weight excluding hydrogens is 1490 g/mol. The number of hydrogen-bond acceptors (Lipinski definition) is 18. The van der Waals surface area contributed by atoms with Gasteiger partial charge in [0.25, 0.3) is 0 Å². The summed E-state index contributed by atoms with van der Waals surface area (Å²) in [6, 6.07) is 14.6. The second-order valence-corrected chi connectivity index (χ2v) is 32.1. The van der Waals surface area contributed by atoms with E-state index in [9.17, 15) is 19.8 Å². The number of nitrogens with zero attached hydrogens (tertiary/aromatic N) is 6. The Morgan fingerprint density at radius 2 is 0.576 bits per heavy atom. The summed E-state index contributed by atoms with van der Waals surface area (Å²) in [4.78, 5) is 26.7. The number of aliphatic hydroxyl groups excluding tert-OH is 2. The van der Waals surface area contributed by atoms with Gasteiger partial charge in [-0.2, -0.15) is 0 Å². The van der Waals surface area contributed by atoms with Crippen molar-refractivity contribution in [3.8, 4) is 34.5 Å². The van der Waals surface area contributed by atoms with E-state index in [1.54, 1.807) is 13.8 Å². The molecule has 0 aliphatic heterocycles. The van der Waals surface area contributed by atoms with Crippen molar-refractivity contribution in [1.29, 1.82) is 0 Å². The second kappa shape index (κ2) is 71.7. The highest BCUT2D eigenvalue weighted by Crippen LogP contribution is 2.33. The Morgan fingerprint density at radius 1 is 0.322 bits per heavy atom. The number of aryl methyl sites for hydroxylation is 4. The smallest absolute Gasteiger partial charge is 0.342 e. The van der Waals surface area contributed by atoms with E-state index in [2.05, 4.69) is 33.8 Å². The van der Waals surface area contributed by atoms with Gasteiger partial charge in [0, 0.05) is 64.0 Å². The molecule has 5 aromatic rings. The largest absolute Gasteiger partial charge is 0.493 e. The van der Waals surface area contributed by atoms with E-state index in [4.69, 9.17) is 47.4 Å². The predicted molar refractivity (Wildman–Crippen MR) is 476 cm³/mol. The van der Waals surface area contributed by atoms with Crippen LogP contribution in [-0.2, 0) is 58.1 Å². The van der Waals surface area contributed by atoms with Gasteiger partial charge < -0.3 is 57.6 Å². The van der Waals surface area contributed by atoms with Gasteiger partial charge in [-0.05, 0) is 190 Å². The Labute approximate surface area is 713 Å². The molecule has 5 rings (SSSR count). The summed E-state index contributed by atoms with van der Waals surface area (Å²) < 4.78 is 63.3. The molecule has 20 nitrogen and oxygen atoms in total. The topological polar surface area (TPSA) is 228 Å². The molecule has 666 valence electrons. The molecule has 2 N–H and O–H groups in total. The van der Waals surface area contributed by atoms with Crippen LogP contribution in [0.1, 0.15) is 378 Å². The molecule has 0 bridgehead atoms.